The van der Waals surface area contributed by atoms with Crippen LogP contribution in [0.15, 0.2) is 6.07 Å². The Balaban J connectivity index is 1.83. The van der Waals surface area contributed by atoms with Crippen molar-refractivity contribution in [1.29, 1.82) is 0 Å². The molecule has 0 unspecified atom stereocenters. The van der Waals surface area contributed by atoms with Crippen LogP contribution in [0, 0.1) is 0 Å². The Hall–Kier alpha value is -1.95. The molecule has 0 radical (unpaired) electrons. The van der Waals surface area contributed by atoms with Crippen LogP contribution in [0.2, 0.25) is 0 Å². The number of ether oxygens (including phenoxy) is 2. The van der Waals surface area contributed by atoms with E-state index in [1.54, 1.807) is 13.8 Å². The van der Waals surface area contributed by atoms with E-state index >= 15 is 0 Å². The highest BCUT2D eigenvalue weighted by Gasteiger charge is 2.75. The van der Waals surface area contributed by atoms with Crippen molar-refractivity contribution in [3.63, 3.8) is 0 Å². The summed E-state index contributed by atoms with van der Waals surface area (Å²) in [6.45, 7) is 3.28. The Morgan fingerprint density at radius 2 is 1.69 bits per heavy atom. The normalized spacial score (nSPS) is 17.7. The average Bonchev–Trinajstić information content (AvgIpc) is 3.33. The number of hydrogen-bond acceptors (Lipinski definition) is 5. The molecule has 0 saturated carbocycles. The van der Waals surface area contributed by atoms with Crippen LogP contribution < -0.4 is 4.74 Å². The van der Waals surface area contributed by atoms with Gasteiger partial charge in [0.05, 0.1) is 19.0 Å². The van der Waals surface area contributed by atoms with E-state index in [2.05, 4.69) is 4.74 Å². The van der Waals surface area contributed by atoms with Gasteiger partial charge in [0, 0.05) is 17.7 Å². The molecule has 1 fully saturated rings. The first-order chi connectivity index (χ1) is 16.9. The third kappa shape index (κ3) is 5.34. The van der Waals surface area contributed by atoms with Gasteiger partial charge in [-0.05, 0) is 49.3 Å². The number of benzene rings is 1. The summed E-state index contributed by atoms with van der Waals surface area (Å²) in [7, 11) is 0. The summed E-state index contributed by atoms with van der Waals surface area (Å²) in [6.07, 6.45) is -8.10. The summed E-state index contributed by atoms with van der Waals surface area (Å²) in [6, 6.07) is 0.962. The predicted octanol–water partition coefficient (Wildman–Crippen LogP) is 6.69. The number of halogens is 6. The monoisotopic (exact) mass is 541 g/mol. The van der Waals surface area contributed by atoms with Gasteiger partial charge in [0.1, 0.15) is 5.75 Å². The molecule has 1 aromatic carbocycles. The highest BCUT2D eigenvalue weighted by Crippen LogP contribution is 2.58. The molecular weight excluding hydrogens is 512 g/mol. The fourth-order valence-electron chi connectivity index (χ4n) is 4.66. The third-order valence-electron chi connectivity index (χ3n) is 6.32. The number of aryl methyl sites for hydroxylation is 1. The lowest BCUT2D eigenvalue weighted by Gasteiger charge is -2.34. The van der Waals surface area contributed by atoms with E-state index < -0.39 is 30.1 Å². The lowest BCUT2D eigenvalue weighted by Crippen LogP contribution is -2.53. The molecule has 2 amide bonds. The lowest BCUT2D eigenvalue weighted by molar-refractivity contribution is -0.385. The van der Waals surface area contributed by atoms with Gasteiger partial charge in [-0.1, -0.05) is 38.5 Å². The van der Waals surface area contributed by atoms with Gasteiger partial charge >= 0.3 is 12.4 Å². The quantitative estimate of drug-likeness (QED) is 0.231. The molecule has 0 N–H and O–H groups in total. The maximum Gasteiger partial charge on any atom is 0.430 e. The molecule has 5 nitrogen and oxygen atoms in total. The number of thioether (sulfide) groups is 1. The molecular formula is C24H29F6NO4S. The fourth-order valence-corrected chi connectivity index (χ4v) is 5.41. The zero-order valence-electron chi connectivity index (χ0n) is 20.1. The van der Waals surface area contributed by atoms with Gasteiger partial charge in [-0.2, -0.15) is 26.3 Å². The largest absolute Gasteiger partial charge is 0.493 e. The molecule has 0 aliphatic carbocycles. The number of carbonyl (C=O) groups is 2. The summed E-state index contributed by atoms with van der Waals surface area (Å²) >= 11 is 0.966. The van der Waals surface area contributed by atoms with Crippen LogP contribution in [0.3, 0.4) is 0 Å². The molecule has 0 atom stereocenters. The number of unbranched alkanes of at least 4 members (excludes halogenated alkanes) is 2. The van der Waals surface area contributed by atoms with Crippen molar-refractivity contribution in [2.75, 3.05) is 18.9 Å². The number of alkyl halides is 6. The van der Waals surface area contributed by atoms with E-state index in [4.69, 9.17) is 4.74 Å². The van der Waals surface area contributed by atoms with E-state index in [-0.39, 0.29) is 41.9 Å². The van der Waals surface area contributed by atoms with Crippen molar-refractivity contribution in [2.24, 2.45) is 0 Å². The molecule has 3 rings (SSSR count). The fraction of sp³-hybridized carbons (Fsp3) is 0.667. The molecule has 0 spiro atoms. The molecule has 1 saturated heterocycles. The van der Waals surface area contributed by atoms with Crippen LogP contribution in [0.25, 0.3) is 0 Å². The number of rotatable bonds is 11. The van der Waals surface area contributed by atoms with Crippen LogP contribution in [0.5, 0.6) is 5.75 Å². The zero-order valence-corrected chi connectivity index (χ0v) is 20.9. The summed E-state index contributed by atoms with van der Waals surface area (Å²) in [5.41, 5.74) is -4.72. The molecule has 0 aromatic heterocycles. The van der Waals surface area contributed by atoms with Gasteiger partial charge < -0.3 is 9.47 Å². The first kappa shape index (κ1) is 28.6. The highest BCUT2D eigenvalue weighted by molar-refractivity contribution is 8.14. The van der Waals surface area contributed by atoms with Gasteiger partial charge in [0.15, 0.2) is 0 Å². The van der Waals surface area contributed by atoms with Crippen LogP contribution in [-0.2, 0) is 34.6 Å². The first-order valence-corrected chi connectivity index (χ1v) is 12.9. The van der Waals surface area contributed by atoms with Crippen molar-refractivity contribution < 1.29 is 45.4 Å². The summed E-state index contributed by atoms with van der Waals surface area (Å²) in [5.74, 6) is 0.264. The van der Waals surface area contributed by atoms with E-state index in [1.807, 2.05) is 0 Å². The number of carbonyl (C=O) groups excluding carboxylic acids is 2. The molecule has 2 aliphatic heterocycles. The molecule has 0 bridgehead atoms. The third-order valence-corrected chi connectivity index (χ3v) is 7.18. The second-order valence-corrected chi connectivity index (χ2v) is 9.77. The van der Waals surface area contributed by atoms with E-state index in [0.717, 1.165) is 17.8 Å². The van der Waals surface area contributed by atoms with Gasteiger partial charge in [0.25, 0.3) is 10.8 Å². The Kier molecular flexibility index (Phi) is 8.91. The maximum absolute atomic E-state index is 13.9. The highest BCUT2D eigenvalue weighted by atomic mass is 32.2. The van der Waals surface area contributed by atoms with Gasteiger partial charge in [-0.3, -0.25) is 14.5 Å². The summed E-state index contributed by atoms with van der Waals surface area (Å²) in [5, 5.41) is -0.265. The molecule has 202 valence electrons. The molecule has 36 heavy (non-hydrogen) atoms. The minimum atomic E-state index is -5.68. The van der Waals surface area contributed by atoms with Crippen molar-refractivity contribution >= 4 is 22.9 Å². The second-order valence-electron chi connectivity index (χ2n) is 8.84. The Morgan fingerprint density at radius 1 is 1.03 bits per heavy atom. The standard InChI is InChI=1S/C24H29F6NO4S/c1-3-8-15-12-18-17(13-35-22(18,23(25,26)27)24(28,29)30)16(9-4-2)20(15)34-11-7-5-6-10-31-19(32)14-36-21(31)33/h12H,3-11,13-14H2,1-2H3. The van der Waals surface area contributed by atoms with Crippen molar-refractivity contribution in [3.05, 3.63) is 28.3 Å². The second kappa shape index (κ2) is 11.2. The molecule has 12 heteroatoms. The Morgan fingerprint density at radius 3 is 2.25 bits per heavy atom. The van der Waals surface area contributed by atoms with E-state index in [1.165, 1.54) is 4.90 Å². The number of amides is 2. The first-order valence-electron chi connectivity index (χ1n) is 11.9. The zero-order chi connectivity index (χ0) is 26.7. The van der Waals surface area contributed by atoms with Crippen molar-refractivity contribution in [2.45, 2.75) is 83.4 Å². The molecule has 2 heterocycles. The van der Waals surface area contributed by atoms with E-state index in [0.29, 0.717) is 55.5 Å². The number of hydrogen-bond donors (Lipinski definition) is 0. The summed E-state index contributed by atoms with van der Waals surface area (Å²) < 4.78 is 93.9. The van der Waals surface area contributed by atoms with Crippen LogP contribution in [0.4, 0.5) is 31.1 Å². The number of fused-ring (bicyclic) bond motifs is 1. The minimum absolute atomic E-state index is 0.107. The number of imide groups is 1. The van der Waals surface area contributed by atoms with Crippen LogP contribution in [0.1, 0.15) is 68.2 Å². The Labute approximate surface area is 209 Å². The van der Waals surface area contributed by atoms with Crippen molar-refractivity contribution in [1.82, 2.24) is 4.90 Å². The average molecular weight is 542 g/mol. The van der Waals surface area contributed by atoms with E-state index in [9.17, 15) is 35.9 Å². The van der Waals surface area contributed by atoms with Gasteiger partial charge in [-0.25, -0.2) is 0 Å². The van der Waals surface area contributed by atoms with Crippen molar-refractivity contribution in [3.8, 4) is 5.75 Å². The smallest absolute Gasteiger partial charge is 0.430 e. The maximum atomic E-state index is 13.9. The molecule has 1 aromatic rings. The Bertz CT molecular complexity index is 949. The van der Waals surface area contributed by atoms with Gasteiger partial charge in [-0.15, -0.1) is 0 Å². The minimum Gasteiger partial charge on any atom is -0.493 e. The molecule has 2 aliphatic rings. The lowest BCUT2D eigenvalue weighted by atomic mass is 9.84. The number of nitrogens with zero attached hydrogens (tertiary/aromatic N) is 1. The van der Waals surface area contributed by atoms with Crippen LogP contribution >= 0.6 is 11.8 Å². The summed E-state index contributed by atoms with van der Waals surface area (Å²) in [4.78, 5) is 24.5. The van der Waals surface area contributed by atoms with Crippen LogP contribution in [-0.4, -0.2) is 47.3 Å². The SMILES string of the molecule is CCCc1cc2c(c(CCC)c1OCCCCCN1C(=O)CSC1=O)COC2(C(F)(F)F)C(F)(F)F. The topological polar surface area (TPSA) is 55.8 Å². The van der Waals surface area contributed by atoms with Gasteiger partial charge in [0.2, 0.25) is 5.91 Å². The predicted molar refractivity (Wildman–Crippen MR) is 122 cm³/mol.